The molecule has 0 spiro atoms. The quantitative estimate of drug-likeness (QED) is 0.707. The third-order valence-corrected chi connectivity index (χ3v) is 4.27. The molecule has 136 valence electrons. The highest BCUT2D eigenvalue weighted by atomic mass is 79.9. The molecule has 0 radical (unpaired) electrons. The number of hydrogen-bond donors (Lipinski definition) is 1. The summed E-state index contributed by atoms with van der Waals surface area (Å²) in [7, 11) is 0. The van der Waals surface area contributed by atoms with Crippen LogP contribution in [0.2, 0.25) is 0 Å². The van der Waals surface area contributed by atoms with E-state index in [2.05, 4.69) is 31.4 Å². The lowest BCUT2D eigenvalue weighted by molar-refractivity contribution is -0.116. The minimum Gasteiger partial charge on any atom is -0.458 e. The topological polar surface area (TPSA) is 91.0 Å². The van der Waals surface area contributed by atoms with Gasteiger partial charge >= 0.3 is 5.97 Å². The second kappa shape index (κ2) is 8.28. The van der Waals surface area contributed by atoms with Crippen molar-refractivity contribution in [2.75, 3.05) is 5.32 Å². The van der Waals surface area contributed by atoms with Crippen molar-refractivity contribution in [1.29, 1.82) is 0 Å². The standard InChI is InChI=1S/C16H22BrN5O3/c1-5-21-9-13(15(20-21)16(24)25-10(2)3)19-14(23)6-7-22-11(4)12(17)8-18-22/h8-10H,5-7H2,1-4H3,(H,19,23). The number of halogens is 1. The number of hydrogen-bond acceptors (Lipinski definition) is 5. The summed E-state index contributed by atoms with van der Waals surface area (Å²) in [4.78, 5) is 24.4. The van der Waals surface area contributed by atoms with Gasteiger partial charge in [-0.3, -0.25) is 14.2 Å². The Bertz CT molecular complexity index is 766. The number of esters is 1. The van der Waals surface area contributed by atoms with E-state index in [1.54, 1.807) is 35.6 Å². The number of amides is 1. The molecule has 0 saturated heterocycles. The smallest absolute Gasteiger partial charge is 0.361 e. The Kier molecular flexibility index (Phi) is 6.35. The second-order valence-corrected chi connectivity index (χ2v) is 6.65. The van der Waals surface area contributed by atoms with Crippen LogP contribution in [0.1, 0.15) is 43.4 Å². The number of aryl methyl sites for hydroxylation is 2. The molecule has 2 aromatic heterocycles. The molecule has 0 fully saturated rings. The number of nitrogens with zero attached hydrogens (tertiary/aromatic N) is 4. The summed E-state index contributed by atoms with van der Waals surface area (Å²) in [5.41, 5.74) is 1.42. The number of nitrogens with one attached hydrogen (secondary N) is 1. The van der Waals surface area contributed by atoms with Crippen LogP contribution in [0.25, 0.3) is 0 Å². The van der Waals surface area contributed by atoms with Gasteiger partial charge in [0.05, 0.1) is 29.0 Å². The average Bonchev–Trinajstić information content (AvgIpc) is 3.09. The van der Waals surface area contributed by atoms with Crippen molar-refractivity contribution in [3.63, 3.8) is 0 Å². The maximum atomic E-state index is 12.2. The Morgan fingerprint density at radius 3 is 2.68 bits per heavy atom. The van der Waals surface area contributed by atoms with Crippen molar-refractivity contribution in [1.82, 2.24) is 19.6 Å². The lowest BCUT2D eigenvalue weighted by Gasteiger charge is -2.08. The van der Waals surface area contributed by atoms with Gasteiger partial charge in [-0.1, -0.05) is 0 Å². The molecule has 0 aliphatic heterocycles. The summed E-state index contributed by atoms with van der Waals surface area (Å²) in [5.74, 6) is -0.773. The van der Waals surface area contributed by atoms with Crippen LogP contribution in [0, 0.1) is 6.92 Å². The minimum absolute atomic E-state index is 0.113. The van der Waals surface area contributed by atoms with E-state index in [1.165, 1.54) is 0 Å². The van der Waals surface area contributed by atoms with Gasteiger partial charge in [-0.05, 0) is 43.6 Å². The summed E-state index contributed by atoms with van der Waals surface area (Å²) in [5, 5.41) is 11.1. The van der Waals surface area contributed by atoms with Gasteiger partial charge in [-0.25, -0.2) is 4.79 Å². The van der Waals surface area contributed by atoms with Gasteiger partial charge < -0.3 is 10.1 Å². The average molecular weight is 412 g/mol. The molecule has 1 amide bonds. The number of carbonyl (C=O) groups is 2. The van der Waals surface area contributed by atoms with Crippen molar-refractivity contribution < 1.29 is 14.3 Å². The van der Waals surface area contributed by atoms with E-state index in [-0.39, 0.29) is 24.1 Å². The molecule has 2 aromatic rings. The number of carbonyl (C=O) groups excluding carboxylic acids is 2. The molecule has 25 heavy (non-hydrogen) atoms. The van der Waals surface area contributed by atoms with E-state index in [0.717, 1.165) is 10.2 Å². The normalized spacial score (nSPS) is 11.0. The molecular weight excluding hydrogens is 390 g/mol. The van der Waals surface area contributed by atoms with Gasteiger partial charge in [-0.15, -0.1) is 0 Å². The van der Waals surface area contributed by atoms with Crippen LogP contribution in [0.5, 0.6) is 0 Å². The van der Waals surface area contributed by atoms with E-state index in [9.17, 15) is 9.59 Å². The zero-order valence-electron chi connectivity index (χ0n) is 14.7. The van der Waals surface area contributed by atoms with E-state index in [0.29, 0.717) is 18.8 Å². The third-order valence-electron chi connectivity index (χ3n) is 3.49. The number of aromatic nitrogens is 4. The van der Waals surface area contributed by atoms with Crippen LogP contribution >= 0.6 is 15.9 Å². The van der Waals surface area contributed by atoms with Gasteiger partial charge in [0, 0.05) is 24.9 Å². The van der Waals surface area contributed by atoms with Crippen molar-refractivity contribution in [2.45, 2.75) is 53.3 Å². The number of rotatable bonds is 7. The zero-order valence-corrected chi connectivity index (χ0v) is 16.3. The highest BCUT2D eigenvalue weighted by Crippen LogP contribution is 2.17. The van der Waals surface area contributed by atoms with E-state index in [4.69, 9.17) is 4.74 Å². The van der Waals surface area contributed by atoms with Crippen LogP contribution in [-0.4, -0.2) is 37.5 Å². The number of ether oxygens (including phenoxy) is 1. The van der Waals surface area contributed by atoms with Crippen LogP contribution in [0.3, 0.4) is 0 Å². The molecule has 0 aliphatic carbocycles. The maximum absolute atomic E-state index is 12.2. The fourth-order valence-corrected chi connectivity index (χ4v) is 2.46. The van der Waals surface area contributed by atoms with Crippen LogP contribution < -0.4 is 5.32 Å². The third kappa shape index (κ3) is 4.91. The molecule has 0 unspecified atom stereocenters. The van der Waals surface area contributed by atoms with Crippen LogP contribution in [0.4, 0.5) is 5.69 Å². The highest BCUT2D eigenvalue weighted by molar-refractivity contribution is 9.10. The largest absolute Gasteiger partial charge is 0.458 e. The fraction of sp³-hybridized carbons (Fsp3) is 0.500. The Balaban J connectivity index is 2.05. The fourth-order valence-electron chi connectivity index (χ4n) is 2.16. The predicted molar refractivity (Wildman–Crippen MR) is 96.4 cm³/mol. The van der Waals surface area contributed by atoms with Gasteiger partial charge in [0.25, 0.3) is 0 Å². The summed E-state index contributed by atoms with van der Waals surface area (Å²) < 4.78 is 9.41. The molecule has 9 heteroatoms. The zero-order chi connectivity index (χ0) is 18.6. The van der Waals surface area contributed by atoms with Crippen molar-refractivity contribution >= 4 is 33.5 Å². The molecule has 0 bridgehead atoms. The minimum atomic E-state index is -0.552. The maximum Gasteiger partial charge on any atom is 0.361 e. The lowest BCUT2D eigenvalue weighted by atomic mass is 10.3. The van der Waals surface area contributed by atoms with E-state index >= 15 is 0 Å². The van der Waals surface area contributed by atoms with Gasteiger partial charge in [0.2, 0.25) is 5.91 Å². The molecule has 0 atom stereocenters. The Hall–Kier alpha value is -2.16. The number of anilines is 1. The van der Waals surface area contributed by atoms with Gasteiger partial charge in [-0.2, -0.15) is 10.2 Å². The molecule has 0 saturated carbocycles. The van der Waals surface area contributed by atoms with Crippen molar-refractivity contribution in [3.8, 4) is 0 Å². The SMILES string of the molecule is CCn1cc(NC(=O)CCn2ncc(Br)c2C)c(C(=O)OC(C)C)n1. The lowest BCUT2D eigenvalue weighted by Crippen LogP contribution is -2.18. The van der Waals surface area contributed by atoms with Crippen molar-refractivity contribution in [2.24, 2.45) is 0 Å². The van der Waals surface area contributed by atoms with Crippen LogP contribution in [-0.2, 0) is 22.6 Å². The first-order valence-electron chi connectivity index (χ1n) is 8.08. The molecule has 0 aromatic carbocycles. The van der Waals surface area contributed by atoms with E-state index in [1.807, 2.05) is 13.8 Å². The first-order chi connectivity index (χ1) is 11.8. The van der Waals surface area contributed by atoms with E-state index < -0.39 is 5.97 Å². The molecule has 0 aliphatic rings. The first kappa shape index (κ1) is 19.2. The molecular formula is C16H22BrN5O3. The Morgan fingerprint density at radius 2 is 2.12 bits per heavy atom. The Morgan fingerprint density at radius 1 is 1.40 bits per heavy atom. The van der Waals surface area contributed by atoms with Gasteiger partial charge in [0.1, 0.15) is 0 Å². The molecule has 2 rings (SSSR count). The first-order valence-corrected chi connectivity index (χ1v) is 8.87. The van der Waals surface area contributed by atoms with Crippen molar-refractivity contribution in [3.05, 3.63) is 28.3 Å². The summed E-state index contributed by atoms with van der Waals surface area (Å²) in [6, 6.07) is 0. The summed E-state index contributed by atoms with van der Waals surface area (Å²) in [6.45, 7) is 8.36. The summed E-state index contributed by atoms with van der Waals surface area (Å²) >= 11 is 3.39. The van der Waals surface area contributed by atoms with Gasteiger partial charge in [0.15, 0.2) is 5.69 Å². The molecule has 1 N–H and O–H groups in total. The Labute approximate surface area is 154 Å². The molecule has 2 heterocycles. The second-order valence-electron chi connectivity index (χ2n) is 5.80. The summed E-state index contributed by atoms with van der Waals surface area (Å²) in [6.07, 6.45) is 3.29. The predicted octanol–water partition coefficient (Wildman–Crippen LogP) is 2.76. The monoisotopic (exact) mass is 411 g/mol. The highest BCUT2D eigenvalue weighted by Gasteiger charge is 2.20. The van der Waals surface area contributed by atoms with Crippen LogP contribution in [0.15, 0.2) is 16.9 Å². The molecule has 8 nitrogen and oxygen atoms in total.